The van der Waals surface area contributed by atoms with Crippen LogP contribution in [0.2, 0.25) is 0 Å². The van der Waals surface area contributed by atoms with Crippen LogP contribution < -0.4 is 10.6 Å². The number of allylic oxidation sites excluding steroid dienone is 2. The lowest BCUT2D eigenvalue weighted by molar-refractivity contribution is -0.137. The summed E-state index contributed by atoms with van der Waals surface area (Å²) in [5, 5.41) is 6.54. The van der Waals surface area contributed by atoms with Crippen LogP contribution in [-0.2, 0) is 21.2 Å². The average molecular weight is 517 g/mol. The molecule has 3 aliphatic carbocycles. The molecule has 2 saturated carbocycles. The summed E-state index contributed by atoms with van der Waals surface area (Å²) in [6.45, 7) is 11.2. The first-order valence-corrected chi connectivity index (χ1v) is 13.7. The van der Waals surface area contributed by atoms with E-state index in [1.807, 2.05) is 20.8 Å². The number of rotatable bonds is 2. The highest BCUT2D eigenvalue weighted by molar-refractivity contribution is 5.94. The highest BCUT2D eigenvalue weighted by atomic mass is 19.4. The molecule has 0 aromatic heterocycles. The van der Waals surface area contributed by atoms with E-state index in [0.29, 0.717) is 29.7 Å². The lowest BCUT2D eigenvalue weighted by Gasteiger charge is -2.58. The summed E-state index contributed by atoms with van der Waals surface area (Å²) in [6.07, 6.45) is 2.40. The van der Waals surface area contributed by atoms with Gasteiger partial charge in [-0.15, -0.1) is 0 Å². The van der Waals surface area contributed by atoms with E-state index in [4.69, 9.17) is 0 Å². The number of alkyl halides is 3. The molecule has 7 heteroatoms. The van der Waals surface area contributed by atoms with Crippen molar-refractivity contribution in [1.29, 1.82) is 0 Å². The van der Waals surface area contributed by atoms with Gasteiger partial charge < -0.3 is 10.6 Å². The number of hydrogen-bond acceptors (Lipinski definition) is 3. The highest BCUT2D eigenvalue weighted by Crippen LogP contribution is 2.64. The molecule has 4 aliphatic rings. The van der Waals surface area contributed by atoms with Crippen molar-refractivity contribution in [2.24, 2.45) is 34.5 Å². The molecular formula is C30H39F3N2O2. The molecule has 1 aromatic carbocycles. The van der Waals surface area contributed by atoms with Gasteiger partial charge in [-0.2, -0.15) is 13.2 Å². The Morgan fingerprint density at radius 1 is 1.05 bits per heavy atom. The van der Waals surface area contributed by atoms with Crippen LogP contribution in [0.3, 0.4) is 0 Å². The molecule has 3 fully saturated rings. The fourth-order valence-electron chi connectivity index (χ4n) is 8.27. The highest BCUT2D eigenvalue weighted by Gasteiger charge is 2.60. The zero-order chi connectivity index (χ0) is 27.0. The number of ketones is 1. The Bertz CT molecular complexity index is 1150. The van der Waals surface area contributed by atoms with Gasteiger partial charge in [0, 0.05) is 41.8 Å². The second kappa shape index (κ2) is 8.60. The number of anilines is 1. The number of benzene rings is 1. The van der Waals surface area contributed by atoms with Crippen molar-refractivity contribution in [2.45, 2.75) is 84.7 Å². The number of carbonyl (C=O) groups excluding carboxylic acids is 2. The molecule has 1 saturated heterocycles. The van der Waals surface area contributed by atoms with Crippen LogP contribution in [0.5, 0.6) is 0 Å². The first kappa shape index (κ1) is 26.3. The van der Waals surface area contributed by atoms with Crippen molar-refractivity contribution in [3.05, 3.63) is 41.1 Å². The molecule has 4 unspecified atom stereocenters. The minimum absolute atomic E-state index is 0.0296. The lowest BCUT2D eigenvalue weighted by atomic mass is 9.50. The third-order valence-electron chi connectivity index (χ3n) is 10.3. The second-order valence-electron chi connectivity index (χ2n) is 13.4. The third-order valence-corrected chi connectivity index (χ3v) is 10.3. The minimum Gasteiger partial charge on any atom is -0.387 e. The molecule has 1 amide bonds. The van der Waals surface area contributed by atoms with E-state index in [9.17, 15) is 22.8 Å². The van der Waals surface area contributed by atoms with Crippen molar-refractivity contribution in [2.75, 3.05) is 11.9 Å². The molecule has 1 heterocycles. The molecule has 4 nitrogen and oxygen atoms in total. The zero-order valence-corrected chi connectivity index (χ0v) is 22.5. The van der Waals surface area contributed by atoms with Gasteiger partial charge in [-0.1, -0.05) is 40.7 Å². The second-order valence-corrected chi connectivity index (χ2v) is 13.4. The van der Waals surface area contributed by atoms with Crippen LogP contribution in [0.4, 0.5) is 18.9 Å². The van der Waals surface area contributed by atoms with E-state index in [-0.39, 0.29) is 34.1 Å². The molecule has 1 aliphatic heterocycles. The summed E-state index contributed by atoms with van der Waals surface area (Å²) in [5.74, 6) is 1.06. The molecule has 0 bridgehead atoms. The van der Waals surface area contributed by atoms with E-state index >= 15 is 0 Å². The Morgan fingerprint density at radius 3 is 2.46 bits per heavy atom. The fourth-order valence-corrected chi connectivity index (χ4v) is 8.27. The Kier molecular flexibility index (Phi) is 6.12. The Morgan fingerprint density at radius 2 is 1.78 bits per heavy atom. The average Bonchev–Trinajstić information content (AvgIpc) is 3.15. The molecule has 0 radical (unpaired) electrons. The van der Waals surface area contributed by atoms with E-state index in [1.165, 1.54) is 6.07 Å². The van der Waals surface area contributed by atoms with Gasteiger partial charge in [-0.05, 0) is 78.4 Å². The van der Waals surface area contributed by atoms with Gasteiger partial charge in [0.15, 0.2) is 5.78 Å². The number of halogens is 3. The zero-order valence-electron chi connectivity index (χ0n) is 22.5. The SMILES string of the molecule is CC(C)(C)c1ccc(C(F)(F)F)cc1NC(=O)C1CCC2C3CNC4=CC(=O)CC[C@]4(C)C3CC[C@]12C. The van der Waals surface area contributed by atoms with Crippen molar-refractivity contribution in [3.8, 4) is 0 Å². The van der Waals surface area contributed by atoms with Crippen LogP contribution in [0, 0.1) is 34.5 Å². The number of amides is 1. The molecule has 1 aromatic rings. The number of hydrogen-bond donors (Lipinski definition) is 2. The van der Waals surface area contributed by atoms with E-state index in [1.54, 1.807) is 6.08 Å². The van der Waals surface area contributed by atoms with Crippen molar-refractivity contribution >= 4 is 17.4 Å². The van der Waals surface area contributed by atoms with E-state index in [0.717, 1.165) is 56.5 Å². The van der Waals surface area contributed by atoms with E-state index < -0.39 is 17.2 Å². The number of nitrogens with one attached hydrogen (secondary N) is 2. The monoisotopic (exact) mass is 516 g/mol. The van der Waals surface area contributed by atoms with Gasteiger partial charge in [0.2, 0.25) is 5.91 Å². The summed E-state index contributed by atoms with van der Waals surface area (Å²) in [5.41, 5.74) is 0.664. The van der Waals surface area contributed by atoms with Gasteiger partial charge in [-0.25, -0.2) is 0 Å². The van der Waals surface area contributed by atoms with Crippen LogP contribution in [0.25, 0.3) is 0 Å². The maximum Gasteiger partial charge on any atom is 0.416 e. The van der Waals surface area contributed by atoms with Crippen LogP contribution in [0.1, 0.15) is 84.3 Å². The van der Waals surface area contributed by atoms with Gasteiger partial charge >= 0.3 is 6.18 Å². The molecule has 202 valence electrons. The summed E-state index contributed by atoms with van der Waals surface area (Å²) in [6, 6.07) is 3.69. The Balaban J connectivity index is 1.40. The minimum atomic E-state index is -4.47. The first-order valence-electron chi connectivity index (χ1n) is 13.7. The maximum atomic E-state index is 13.7. The topological polar surface area (TPSA) is 58.2 Å². The number of fused-ring (bicyclic) bond motifs is 5. The largest absolute Gasteiger partial charge is 0.416 e. The Hall–Kier alpha value is -2.31. The summed E-state index contributed by atoms with van der Waals surface area (Å²) < 4.78 is 40.5. The number of carbonyl (C=O) groups is 2. The standard InChI is InChI=1S/C30H39F3N2O2/c1-27(2,3)22-7-6-17(30(31,32)33)14-24(22)35-26(37)23-9-8-20-19-16-34-25-15-18(36)10-12-29(25,5)21(19)11-13-28(20,23)4/h6-7,14-15,19-21,23,34H,8-13,16H2,1-5H3,(H,35,37)/t19?,20?,21?,23?,28-,29+/m0/s1. The first-order chi connectivity index (χ1) is 17.1. The summed E-state index contributed by atoms with van der Waals surface area (Å²) >= 11 is 0. The normalized spacial score (nSPS) is 35.6. The molecule has 2 N–H and O–H groups in total. The summed E-state index contributed by atoms with van der Waals surface area (Å²) in [4.78, 5) is 25.8. The van der Waals surface area contributed by atoms with Crippen LogP contribution >= 0.6 is 0 Å². The van der Waals surface area contributed by atoms with Gasteiger partial charge in [0.05, 0.1) is 5.56 Å². The van der Waals surface area contributed by atoms with Crippen molar-refractivity contribution in [1.82, 2.24) is 5.32 Å². The molecule has 0 spiro atoms. The predicted molar refractivity (Wildman–Crippen MR) is 138 cm³/mol. The fraction of sp³-hybridized carbons (Fsp3) is 0.667. The van der Waals surface area contributed by atoms with Crippen molar-refractivity contribution in [3.63, 3.8) is 0 Å². The van der Waals surface area contributed by atoms with E-state index in [2.05, 4.69) is 24.5 Å². The quantitative estimate of drug-likeness (QED) is 0.452. The summed E-state index contributed by atoms with van der Waals surface area (Å²) in [7, 11) is 0. The van der Waals surface area contributed by atoms with Gasteiger partial charge in [-0.3, -0.25) is 9.59 Å². The molecular weight excluding hydrogens is 477 g/mol. The van der Waals surface area contributed by atoms with Crippen molar-refractivity contribution < 1.29 is 22.8 Å². The molecule has 37 heavy (non-hydrogen) atoms. The number of piperidine rings is 1. The van der Waals surface area contributed by atoms with Crippen LogP contribution in [-0.4, -0.2) is 18.2 Å². The van der Waals surface area contributed by atoms with Gasteiger partial charge in [0.1, 0.15) is 0 Å². The maximum absolute atomic E-state index is 13.7. The van der Waals surface area contributed by atoms with Crippen LogP contribution in [0.15, 0.2) is 30.0 Å². The Labute approximate surface area is 217 Å². The molecule has 5 rings (SSSR count). The van der Waals surface area contributed by atoms with Gasteiger partial charge in [0.25, 0.3) is 0 Å². The third kappa shape index (κ3) is 4.30. The molecule has 6 atom stereocenters. The predicted octanol–water partition coefficient (Wildman–Crippen LogP) is 6.86. The lowest BCUT2D eigenvalue weighted by Crippen LogP contribution is -2.57. The smallest absolute Gasteiger partial charge is 0.387 e.